The lowest BCUT2D eigenvalue weighted by molar-refractivity contribution is 0.669. The molecular formula is C50H30N6O. The van der Waals surface area contributed by atoms with Crippen LogP contribution in [0.1, 0.15) is 0 Å². The maximum Gasteiger partial charge on any atom is 0.238 e. The molecule has 5 heterocycles. The van der Waals surface area contributed by atoms with E-state index in [1.165, 1.54) is 0 Å². The van der Waals surface area contributed by atoms with Crippen LogP contribution in [-0.2, 0) is 0 Å². The predicted molar refractivity (Wildman–Crippen MR) is 230 cm³/mol. The molecule has 0 unspecified atom stereocenters. The SMILES string of the molecule is c1ccc(-c2nc(-c3ccccc3-n3c4ccccc4c4cccnc43)nc(-n3c4ccccc4c4c(-c5cccc6oc7ccccc7c56)cccc43)n2)cc1. The highest BCUT2D eigenvalue weighted by Gasteiger charge is 2.23. The van der Waals surface area contributed by atoms with Crippen molar-refractivity contribution in [1.29, 1.82) is 0 Å². The van der Waals surface area contributed by atoms with Crippen molar-refractivity contribution in [2.24, 2.45) is 0 Å². The van der Waals surface area contributed by atoms with E-state index in [4.69, 9.17) is 24.4 Å². The van der Waals surface area contributed by atoms with Crippen LogP contribution < -0.4 is 0 Å². The molecule has 0 aliphatic carbocycles. The second kappa shape index (κ2) is 12.3. The van der Waals surface area contributed by atoms with Crippen molar-refractivity contribution in [1.82, 2.24) is 29.1 Å². The maximum absolute atomic E-state index is 6.35. The predicted octanol–water partition coefficient (Wildman–Crippen LogP) is 12.4. The largest absolute Gasteiger partial charge is 0.456 e. The van der Waals surface area contributed by atoms with Crippen molar-refractivity contribution in [3.8, 4) is 45.5 Å². The van der Waals surface area contributed by atoms with Gasteiger partial charge in [-0.3, -0.25) is 9.13 Å². The summed E-state index contributed by atoms with van der Waals surface area (Å²) >= 11 is 0. The van der Waals surface area contributed by atoms with Gasteiger partial charge in [-0.25, -0.2) is 9.97 Å². The van der Waals surface area contributed by atoms with E-state index in [0.717, 1.165) is 93.6 Å². The topological polar surface area (TPSA) is 74.6 Å². The van der Waals surface area contributed by atoms with E-state index in [9.17, 15) is 0 Å². The van der Waals surface area contributed by atoms with Gasteiger partial charge in [0.2, 0.25) is 5.95 Å². The molecule has 0 aliphatic rings. The van der Waals surface area contributed by atoms with Gasteiger partial charge in [0.1, 0.15) is 16.8 Å². The number of fused-ring (bicyclic) bond motifs is 9. The summed E-state index contributed by atoms with van der Waals surface area (Å²) in [5.74, 6) is 1.68. The first-order valence-electron chi connectivity index (χ1n) is 19.0. The third-order valence-electron chi connectivity index (χ3n) is 11.1. The summed E-state index contributed by atoms with van der Waals surface area (Å²) < 4.78 is 10.8. The molecule has 0 atom stereocenters. The van der Waals surface area contributed by atoms with Gasteiger partial charge in [0.15, 0.2) is 11.6 Å². The van der Waals surface area contributed by atoms with Gasteiger partial charge in [0, 0.05) is 49.6 Å². The molecule has 266 valence electrons. The number of hydrogen-bond donors (Lipinski definition) is 0. The third-order valence-corrected chi connectivity index (χ3v) is 11.1. The number of benzene rings is 7. The summed E-state index contributed by atoms with van der Waals surface area (Å²) in [7, 11) is 0. The van der Waals surface area contributed by atoms with Crippen LogP contribution in [-0.4, -0.2) is 29.1 Å². The van der Waals surface area contributed by atoms with E-state index in [1.54, 1.807) is 0 Å². The highest BCUT2D eigenvalue weighted by Crippen LogP contribution is 2.43. The smallest absolute Gasteiger partial charge is 0.238 e. The molecule has 0 fully saturated rings. The lowest BCUT2D eigenvalue weighted by Gasteiger charge is -2.15. The Balaban J connectivity index is 1.15. The Hall–Kier alpha value is -7.90. The second-order valence-electron chi connectivity index (χ2n) is 14.2. The Morgan fingerprint density at radius 2 is 1.00 bits per heavy atom. The molecule has 0 spiro atoms. The Bertz CT molecular complexity index is 3490. The highest BCUT2D eigenvalue weighted by molar-refractivity contribution is 6.21. The molecule has 5 aromatic heterocycles. The van der Waals surface area contributed by atoms with Crippen LogP contribution in [0.15, 0.2) is 187 Å². The molecule has 0 radical (unpaired) electrons. The first-order valence-corrected chi connectivity index (χ1v) is 19.0. The van der Waals surface area contributed by atoms with Crippen LogP contribution in [0.2, 0.25) is 0 Å². The fourth-order valence-electron chi connectivity index (χ4n) is 8.66. The Labute approximate surface area is 325 Å². The van der Waals surface area contributed by atoms with Gasteiger partial charge < -0.3 is 4.42 Å². The summed E-state index contributed by atoms with van der Waals surface area (Å²) in [6.45, 7) is 0. The van der Waals surface area contributed by atoms with Crippen molar-refractivity contribution in [3.63, 3.8) is 0 Å². The average Bonchev–Trinajstić information content (AvgIpc) is 3.94. The zero-order valence-corrected chi connectivity index (χ0v) is 30.4. The van der Waals surface area contributed by atoms with Crippen LogP contribution in [0.3, 0.4) is 0 Å². The molecule has 0 bridgehead atoms. The summed E-state index contributed by atoms with van der Waals surface area (Å²) in [5.41, 5.74) is 10.6. The second-order valence-corrected chi connectivity index (χ2v) is 14.2. The lowest BCUT2D eigenvalue weighted by Crippen LogP contribution is -2.08. The molecular weight excluding hydrogens is 701 g/mol. The highest BCUT2D eigenvalue weighted by atomic mass is 16.3. The molecule has 7 heteroatoms. The van der Waals surface area contributed by atoms with E-state index in [1.807, 2.05) is 66.9 Å². The van der Waals surface area contributed by atoms with Crippen molar-refractivity contribution < 1.29 is 4.42 Å². The van der Waals surface area contributed by atoms with Crippen LogP contribution in [0, 0.1) is 0 Å². The van der Waals surface area contributed by atoms with E-state index in [2.05, 4.69) is 124 Å². The van der Waals surface area contributed by atoms with E-state index >= 15 is 0 Å². The van der Waals surface area contributed by atoms with Crippen molar-refractivity contribution in [2.75, 3.05) is 0 Å². The molecule has 0 saturated carbocycles. The fraction of sp³-hybridized carbons (Fsp3) is 0. The minimum Gasteiger partial charge on any atom is -0.456 e. The molecule has 12 rings (SSSR count). The molecule has 0 aliphatic heterocycles. The van der Waals surface area contributed by atoms with Crippen LogP contribution in [0.25, 0.3) is 111 Å². The first-order chi connectivity index (χ1) is 28.3. The van der Waals surface area contributed by atoms with E-state index < -0.39 is 0 Å². The normalized spacial score (nSPS) is 11.9. The summed E-state index contributed by atoms with van der Waals surface area (Å²) in [5, 5.41) is 6.64. The first kappa shape index (κ1) is 31.5. The van der Waals surface area contributed by atoms with Crippen molar-refractivity contribution in [2.45, 2.75) is 0 Å². The van der Waals surface area contributed by atoms with Crippen molar-refractivity contribution in [3.05, 3.63) is 182 Å². The number of aromatic nitrogens is 6. The quantitative estimate of drug-likeness (QED) is 0.176. The summed E-state index contributed by atoms with van der Waals surface area (Å²) in [6.07, 6.45) is 1.85. The monoisotopic (exact) mass is 730 g/mol. The van der Waals surface area contributed by atoms with E-state index in [-0.39, 0.29) is 0 Å². The Kier molecular flexibility index (Phi) is 6.79. The number of furan rings is 1. The molecule has 0 saturated heterocycles. The maximum atomic E-state index is 6.35. The number of rotatable bonds is 5. The zero-order chi connectivity index (χ0) is 37.5. The Morgan fingerprint density at radius 1 is 0.386 bits per heavy atom. The molecule has 0 N–H and O–H groups in total. The summed E-state index contributed by atoms with van der Waals surface area (Å²) in [6, 6.07) is 60.6. The van der Waals surface area contributed by atoms with E-state index in [0.29, 0.717) is 17.6 Å². The van der Waals surface area contributed by atoms with Gasteiger partial charge in [-0.2, -0.15) is 9.97 Å². The van der Waals surface area contributed by atoms with Crippen molar-refractivity contribution >= 4 is 65.7 Å². The van der Waals surface area contributed by atoms with Crippen LogP contribution >= 0.6 is 0 Å². The zero-order valence-electron chi connectivity index (χ0n) is 30.4. The van der Waals surface area contributed by atoms with Gasteiger partial charge in [0.05, 0.1) is 22.2 Å². The van der Waals surface area contributed by atoms with Gasteiger partial charge in [0.25, 0.3) is 0 Å². The number of hydrogen-bond acceptors (Lipinski definition) is 5. The van der Waals surface area contributed by atoms with Gasteiger partial charge in [-0.15, -0.1) is 0 Å². The van der Waals surface area contributed by atoms with Gasteiger partial charge in [-0.1, -0.05) is 121 Å². The molecule has 0 amide bonds. The van der Waals surface area contributed by atoms with Gasteiger partial charge in [-0.05, 0) is 65.7 Å². The molecule has 57 heavy (non-hydrogen) atoms. The summed E-state index contributed by atoms with van der Waals surface area (Å²) in [4.78, 5) is 20.7. The molecule has 12 aromatic rings. The number of nitrogens with zero attached hydrogens (tertiary/aromatic N) is 6. The lowest BCUT2D eigenvalue weighted by atomic mass is 9.95. The Morgan fingerprint density at radius 3 is 1.88 bits per heavy atom. The number of pyridine rings is 1. The van der Waals surface area contributed by atoms with Gasteiger partial charge >= 0.3 is 0 Å². The average molecular weight is 731 g/mol. The third kappa shape index (κ3) is 4.72. The minimum absolute atomic E-state index is 0.532. The fourth-order valence-corrected chi connectivity index (χ4v) is 8.66. The standard InChI is InChI=1S/C50H30N6O/c1-2-15-31(16-3-1)47-52-48(37-19-6-10-26-41(37)55-39-24-8-4-17-32(39)35-23-14-30-51-49(35)55)54-50(53-47)56-40-25-9-5-18-36(40)45-33(21-12-27-42(45)56)34-22-13-29-44-46(34)38-20-7-11-28-43(38)57-44/h1-30H. The van der Waals surface area contributed by atoms with Crippen LogP contribution in [0.4, 0.5) is 0 Å². The molecule has 7 nitrogen and oxygen atoms in total. The number of para-hydroxylation sites is 4. The van der Waals surface area contributed by atoms with Crippen LogP contribution in [0.5, 0.6) is 0 Å². The molecule has 7 aromatic carbocycles. The minimum atomic E-state index is 0.532.